The van der Waals surface area contributed by atoms with Crippen molar-refractivity contribution in [3.8, 4) is 0 Å². The van der Waals surface area contributed by atoms with Crippen LogP contribution in [-0.4, -0.2) is 78.9 Å². The molecule has 0 aromatic heterocycles. The summed E-state index contributed by atoms with van der Waals surface area (Å²) in [6.07, 6.45) is 3.71. The standard InChI is InChI=1S/C12H25N3O/c1-13-7-9-15(10-8-13)12(16)11-14-5-3-2-4-6-14/h12,16H,2-11H2,1H3. The molecular formula is C12H25N3O. The fourth-order valence-corrected chi connectivity index (χ4v) is 2.61. The fourth-order valence-electron chi connectivity index (χ4n) is 2.61. The average Bonchev–Trinajstić information content (AvgIpc) is 2.31. The second-order valence-electron chi connectivity index (χ2n) is 5.18. The smallest absolute Gasteiger partial charge is 0.120 e. The van der Waals surface area contributed by atoms with Gasteiger partial charge in [-0.1, -0.05) is 6.42 Å². The molecule has 94 valence electrons. The molecule has 2 heterocycles. The van der Waals surface area contributed by atoms with Gasteiger partial charge in [0.15, 0.2) is 0 Å². The molecule has 0 aromatic carbocycles. The number of hydrogen-bond donors (Lipinski definition) is 1. The first-order valence-corrected chi connectivity index (χ1v) is 6.59. The Kier molecular flexibility index (Phi) is 4.58. The van der Waals surface area contributed by atoms with Crippen molar-refractivity contribution in [1.82, 2.24) is 14.7 Å². The van der Waals surface area contributed by atoms with Gasteiger partial charge in [-0.25, -0.2) is 0 Å². The van der Waals surface area contributed by atoms with Crippen LogP contribution >= 0.6 is 0 Å². The summed E-state index contributed by atoms with van der Waals surface area (Å²) in [4.78, 5) is 6.95. The quantitative estimate of drug-likeness (QED) is 0.737. The molecule has 16 heavy (non-hydrogen) atoms. The molecule has 1 atom stereocenters. The van der Waals surface area contributed by atoms with Gasteiger partial charge in [-0.15, -0.1) is 0 Å². The number of nitrogens with zero attached hydrogens (tertiary/aromatic N) is 3. The predicted molar refractivity (Wildman–Crippen MR) is 65.4 cm³/mol. The second kappa shape index (κ2) is 5.96. The zero-order valence-corrected chi connectivity index (χ0v) is 10.4. The lowest BCUT2D eigenvalue weighted by Crippen LogP contribution is -2.52. The normalized spacial score (nSPS) is 28.1. The molecule has 2 aliphatic rings. The van der Waals surface area contributed by atoms with E-state index < -0.39 is 0 Å². The van der Waals surface area contributed by atoms with Gasteiger partial charge in [0.25, 0.3) is 0 Å². The van der Waals surface area contributed by atoms with Crippen LogP contribution in [0.3, 0.4) is 0 Å². The number of aliphatic hydroxyl groups is 1. The van der Waals surface area contributed by atoms with Crippen molar-refractivity contribution in [2.24, 2.45) is 0 Å². The maximum atomic E-state index is 10.2. The highest BCUT2D eigenvalue weighted by molar-refractivity contribution is 4.75. The summed E-state index contributed by atoms with van der Waals surface area (Å²) in [5.41, 5.74) is 0. The van der Waals surface area contributed by atoms with E-state index in [0.29, 0.717) is 0 Å². The van der Waals surface area contributed by atoms with Crippen LogP contribution < -0.4 is 0 Å². The highest BCUT2D eigenvalue weighted by Gasteiger charge is 2.22. The van der Waals surface area contributed by atoms with Crippen LogP contribution in [0.5, 0.6) is 0 Å². The Labute approximate surface area is 98.8 Å². The summed E-state index contributed by atoms with van der Waals surface area (Å²) in [5.74, 6) is 0. The van der Waals surface area contributed by atoms with Gasteiger partial charge in [0.2, 0.25) is 0 Å². The molecule has 1 N–H and O–H groups in total. The van der Waals surface area contributed by atoms with Crippen LogP contribution in [0.1, 0.15) is 19.3 Å². The molecule has 2 fully saturated rings. The van der Waals surface area contributed by atoms with E-state index in [9.17, 15) is 5.11 Å². The molecule has 0 aromatic rings. The van der Waals surface area contributed by atoms with E-state index in [2.05, 4.69) is 21.7 Å². The van der Waals surface area contributed by atoms with Crippen LogP contribution in [0.4, 0.5) is 0 Å². The third-order valence-corrected chi connectivity index (χ3v) is 3.83. The Morgan fingerprint density at radius 3 is 2.19 bits per heavy atom. The number of β-amino-alcohol motifs (C(OH)–C–C–N with tert-alkyl or cyclic N) is 1. The van der Waals surface area contributed by atoms with Crippen LogP contribution in [0.15, 0.2) is 0 Å². The van der Waals surface area contributed by atoms with Crippen molar-refractivity contribution in [3.63, 3.8) is 0 Å². The molecule has 2 saturated heterocycles. The van der Waals surface area contributed by atoms with Crippen molar-refractivity contribution in [2.45, 2.75) is 25.5 Å². The molecular weight excluding hydrogens is 202 g/mol. The average molecular weight is 227 g/mol. The highest BCUT2D eigenvalue weighted by atomic mass is 16.3. The molecule has 0 bridgehead atoms. The van der Waals surface area contributed by atoms with Crippen LogP contribution in [0.25, 0.3) is 0 Å². The maximum Gasteiger partial charge on any atom is 0.120 e. The van der Waals surface area contributed by atoms with E-state index in [-0.39, 0.29) is 6.23 Å². The first kappa shape index (κ1) is 12.3. The van der Waals surface area contributed by atoms with E-state index in [4.69, 9.17) is 0 Å². The van der Waals surface area contributed by atoms with Gasteiger partial charge >= 0.3 is 0 Å². The summed E-state index contributed by atoms with van der Waals surface area (Å²) in [6.45, 7) is 7.35. The Morgan fingerprint density at radius 1 is 0.938 bits per heavy atom. The largest absolute Gasteiger partial charge is 0.377 e. The minimum atomic E-state index is -0.258. The number of piperidine rings is 1. The van der Waals surface area contributed by atoms with Gasteiger partial charge in [-0.3, -0.25) is 9.80 Å². The molecule has 1 unspecified atom stereocenters. The lowest BCUT2D eigenvalue weighted by molar-refractivity contribution is -0.0429. The molecule has 0 saturated carbocycles. The van der Waals surface area contributed by atoms with Gasteiger partial charge in [0.1, 0.15) is 6.23 Å². The molecule has 0 aliphatic carbocycles. The van der Waals surface area contributed by atoms with Crippen LogP contribution in [0.2, 0.25) is 0 Å². The minimum absolute atomic E-state index is 0.258. The zero-order valence-electron chi connectivity index (χ0n) is 10.4. The van der Waals surface area contributed by atoms with E-state index >= 15 is 0 Å². The van der Waals surface area contributed by atoms with Gasteiger partial charge < -0.3 is 10.0 Å². The molecule has 0 amide bonds. The van der Waals surface area contributed by atoms with Crippen molar-refractivity contribution in [1.29, 1.82) is 0 Å². The Balaban J connectivity index is 1.72. The minimum Gasteiger partial charge on any atom is -0.377 e. The third kappa shape index (κ3) is 3.42. The van der Waals surface area contributed by atoms with Gasteiger partial charge in [-0.05, 0) is 33.0 Å². The van der Waals surface area contributed by atoms with E-state index in [1.165, 1.54) is 32.4 Å². The topological polar surface area (TPSA) is 30.0 Å². The molecule has 4 heteroatoms. The molecule has 4 nitrogen and oxygen atoms in total. The molecule has 0 radical (unpaired) electrons. The Morgan fingerprint density at radius 2 is 1.56 bits per heavy atom. The maximum absolute atomic E-state index is 10.2. The van der Waals surface area contributed by atoms with Gasteiger partial charge in [0.05, 0.1) is 0 Å². The summed E-state index contributed by atoms with van der Waals surface area (Å²) >= 11 is 0. The van der Waals surface area contributed by atoms with Crippen LogP contribution in [-0.2, 0) is 0 Å². The molecule has 0 spiro atoms. The summed E-state index contributed by atoms with van der Waals surface area (Å²) in [7, 11) is 2.15. The van der Waals surface area contributed by atoms with Gasteiger partial charge in [-0.2, -0.15) is 0 Å². The lowest BCUT2D eigenvalue weighted by Gasteiger charge is -2.38. The summed E-state index contributed by atoms with van der Waals surface area (Å²) in [6, 6.07) is 0. The highest BCUT2D eigenvalue weighted by Crippen LogP contribution is 2.11. The van der Waals surface area contributed by atoms with E-state index in [0.717, 1.165) is 32.7 Å². The summed E-state index contributed by atoms with van der Waals surface area (Å²) in [5, 5.41) is 10.2. The first-order valence-electron chi connectivity index (χ1n) is 6.59. The first-order chi connectivity index (χ1) is 7.75. The Bertz CT molecular complexity index is 198. The number of piperazine rings is 1. The number of hydrogen-bond acceptors (Lipinski definition) is 4. The van der Waals surface area contributed by atoms with Crippen molar-refractivity contribution in [2.75, 3.05) is 52.9 Å². The third-order valence-electron chi connectivity index (χ3n) is 3.83. The molecule has 2 rings (SSSR count). The zero-order chi connectivity index (χ0) is 11.4. The molecule has 2 aliphatic heterocycles. The number of rotatable bonds is 3. The lowest BCUT2D eigenvalue weighted by atomic mass is 10.1. The van der Waals surface area contributed by atoms with Crippen molar-refractivity contribution in [3.05, 3.63) is 0 Å². The van der Waals surface area contributed by atoms with Crippen LogP contribution in [0, 0.1) is 0 Å². The van der Waals surface area contributed by atoms with Crippen molar-refractivity contribution >= 4 is 0 Å². The second-order valence-corrected chi connectivity index (χ2v) is 5.18. The monoisotopic (exact) mass is 227 g/mol. The summed E-state index contributed by atoms with van der Waals surface area (Å²) < 4.78 is 0. The van der Waals surface area contributed by atoms with Crippen molar-refractivity contribution < 1.29 is 5.11 Å². The van der Waals surface area contributed by atoms with E-state index in [1.54, 1.807) is 0 Å². The number of likely N-dealkylation sites (N-methyl/N-ethyl adjacent to an activating group) is 1. The van der Waals surface area contributed by atoms with E-state index in [1.807, 2.05) is 0 Å². The number of likely N-dealkylation sites (tertiary alicyclic amines) is 1. The fraction of sp³-hybridized carbons (Fsp3) is 1.00. The Hall–Kier alpha value is -0.160. The van der Waals surface area contributed by atoms with Gasteiger partial charge in [0, 0.05) is 32.7 Å². The predicted octanol–water partition coefficient (Wildman–Crippen LogP) is 0.0381. The number of aliphatic hydroxyl groups excluding tert-OH is 1. The SMILES string of the molecule is CN1CCN(C(O)CN2CCCCC2)CC1.